The summed E-state index contributed by atoms with van der Waals surface area (Å²) in [6, 6.07) is 31.6. The van der Waals surface area contributed by atoms with Crippen molar-refractivity contribution in [3.05, 3.63) is 120 Å². The summed E-state index contributed by atoms with van der Waals surface area (Å²) >= 11 is 0. The highest BCUT2D eigenvalue weighted by Gasteiger charge is 2.43. The number of hydrogen-bond donors (Lipinski definition) is 3. The molecule has 4 amide bonds. The molecular formula is C41H50N4O5. The molecule has 0 saturated heterocycles. The smallest absolute Gasteiger partial charge is 0.408 e. The molecule has 0 unspecified atom stereocenters. The molecule has 9 nitrogen and oxygen atoms in total. The monoisotopic (exact) mass is 678 g/mol. The summed E-state index contributed by atoms with van der Waals surface area (Å²) < 4.78 is 5.36. The van der Waals surface area contributed by atoms with Crippen LogP contribution >= 0.6 is 0 Å². The molecule has 0 aliphatic heterocycles. The van der Waals surface area contributed by atoms with Crippen LogP contribution in [-0.2, 0) is 32.1 Å². The maximum absolute atomic E-state index is 14.5. The molecular weight excluding hydrogens is 628 g/mol. The fourth-order valence-electron chi connectivity index (χ4n) is 6.03. The highest BCUT2D eigenvalue weighted by Crippen LogP contribution is 2.30. The van der Waals surface area contributed by atoms with E-state index in [2.05, 4.69) is 16.0 Å². The van der Waals surface area contributed by atoms with Crippen LogP contribution in [0.4, 0.5) is 4.79 Å². The van der Waals surface area contributed by atoms with Gasteiger partial charge in [0.15, 0.2) is 0 Å². The van der Waals surface area contributed by atoms with E-state index in [1.807, 2.05) is 124 Å². The molecule has 0 radical (unpaired) electrons. The summed E-state index contributed by atoms with van der Waals surface area (Å²) in [5, 5.41) is 10.6. The van der Waals surface area contributed by atoms with Crippen molar-refractivity contribution in [3.8, 4) is 0 Å². The van der Waals surface area contributed by atoms with Crippen molar-refractivity contribution < 1.29 is 23.9 Å². The lowest BCUT2D eigenvalue weighted by Gasteiger charge is -2.39. The molecule has 0 fully saturated rings. The second-order valence-corrected chi connectivity index (χ2v) is 14.1. The van der Waals surface area contributed by atoms with E-state index in [0.29, 0.717) is 6.42 Å². The lowest BCUT2D eigenvalue weighted by Crippen LogP contribution is -2.66. The molecule has 50 heavy (non-hydrogen) atoms. The Bertz CT molecular complexity index is 1770. The number of carbonyl (C=O) groups excluding carboxylic acids is 4. The van der Waals surface area contributed by atoms with Gasteiger partial charge in [-0.2, -0.15) is 0 Å². The highest BCUT2D eigenvalue weighted by molar-refractivity contribution is 5.98. The van der Waals surface area contributed by atoms with Gasteiger partial charge in [0.2, 0.25) is 17.7 Å². The minimum Gasteiger partial charge on any atom is -0.445 e. The van der Waals surface area contributed by atoms with E-state index in [-0.39, 0.29) is 30.9 Å². The van der Waals surface area contributed by atoms with E-state index in [9.17, 15) is 19.2 Å². The molecule has 264 valence electrons. The largest absolute Gasteiger partial charge is 0.445 e. The molecule has 0 aliphatic carbocycles. The lowest BCUT2D eigenvalue weighted by molar-refractivity contribution is -0.143. The average Bonchev–Trinajstić information content (AvgIpc) is 3.09. The summed E-state index contributed by atoms with van der Waals surface area (Å²) in [5.41, 5.74) is -0.140. The molecule has 0 aliphatic rings. The van der Waals surface area contributed by atoms with Gasteiger partial charge in [-0.05, 0) is 67.5 Å². The minimum atomic E-state index is -1.44. The van der Waals surface area contributed by atoms with Crippen molar-refractivity contribution in [2.75, 3.05) is 7.05 Å². The quantitative estimate of drug-likeness (QED) is 0.137. The third-order valence-electron chi connectivity index (χ3n) is 8.97. The van der Waals surface area contributed by atoms with Gasteiger partial charge in [0.1, 0.15) is 23.7 Å². The Morgan fingerprint density at radius 2 is 1.32 bits per heavy atom. The Labute approximate surface area is 295 Å². The van der Waals surface area contributed by atoms with E-state index >= 15 is 0 Å². The van der Waals surface area contributed by atoms with Crippen LogP contribution < -0.4 is 16.0 Å². The zero-order valence-corrected chi connectivity index (χ0v) is 30.2. The van der Waals surface area contributed by atoms with Crippen LogP contribution in [0.25, 0.3) is 10.8 Å². The van der Waals surface area contributed by atoms with Crippen LogP contribution in [0, 0.1) is 5.92 Å². The molecule has 0 spiro atoms. The number of rotatable bonds is 14. The molecule has 9 heteroatoms. The molecule has 4 aromatic carbocycles. The molecule has 0 saturated carbocycles. The average molecular weight is 679 g/mol. The van der Waals surface area contributed by atoms with Crippen LogP contribution in [0.3, 0.4) is 0 Å². The van der Waals surface area contributed by atoms with Crippen LogP contribution in [0.15, 0.2) is 103 Å². The molecule has 0 bridgehead atoms. The zero-order chi connectivity index (χ0) is 36.5. The van der Waals surface area contributed by atoms with Crippen molar-refractivity contribution in [1.29, 1.82) is 0 Å². The topological polar surface area (TPSA) is 117 Å². The number of alkyl carbamates (subject to hydrolysis) is 1. The van der Waals surface area contributed by atoms with E-state index in [1.165, 1.54) is 0 Å². The zero-order valence-electron chi connectivity index (χ0n) is 30.2. The van der Waals surface area contributed by atoms with Crippen molar-refractivity contribution in [2.24, 2.45) is 5.92 Å². The Morgan fingerprint density at radius 3 is 1.96 bits per heavy atom. The van der Waals surface area contributed by atoms with Gasteiger partial charge in [-0.25, -0.2) is 4.79 Å². The van der Waals surface area contributed by atoms with Gasteiger partial charge in [-0.1, -0.05) is 117 Å². The number of amides is 4. The third-order valence-corrected chi connectivity index (χ3v) is 8.97. The van der Waals surface area contributed by atoms with E-state index in [0.717, 1.165) is 27.5 Å². The SMILES string of the molecule is CC(C)C[C@H](NC(=O)OCc1ccccc1)C(=O)NC(C)(C)C(=O)N[C@@](C)(Cc1ccccc1)C(=O)N(C)[C@H](C)c1cccc2ccccc12. The molecule has 3 atom stereocenters. The maximum Gasteiger partial charge on any atom is 0.408 e. The first kappa shape index (κ1) is 37.6. The normalized spacial score (nSPS) is 13.8. The molecule has 0 heterocycles. The Balaban J connectivity index is 1.52. The summed E-state index contributed by atoms with van der Waals surface area (Å²) in [6.07, 6.45) is -0.188. The van der Waals surface area contributed by atoms with Gasteiger partial charge in [-0.3, -0.25) is 14.4 Å². The van der Waals surface area contributed by atoms with Gasteiger partial charge in [0.25, 0.3) is 0 Å². The number of ether oxygens (including phenoxy) is 1. The maximum atomic E-state index is 14.5. The predicted molar refractivity (Wildman–Crippen MR) is 197 cm³/mol. The summed E-state index contributed by atoms with van der Waals surface area (Å²) in [7, 11) is 1.75. The summed E-state index contributed by atoms with van der Waals surface area (Å²) in [5.74, 6) is -1.30. The van der Waals surface area contributed by atoms with Crippen LogP contribution in [-0.4, -0.2) is 52.9 Å². The molecule has 4 rings (SSSR count). The number of hydrogen-bond acceptors (Lipinski definition) is 5. The molecule has 0 aromatic heterocycles. The number of nitrogens with zero attached hydrogens (tertiary/aromatic N) is 1. The molecule has 3 N–H and O–H groups in total. The number of likely N-dealkylation sites (N-methyl/N-ethyl adjacent to an activating group) is 1. The summed E-state index contributed by atoms with van der Waals surface area (Å²) in [4.78, 5) is 56.5. The van der Waals surface area contributed by atoms with E-state index in [1.54, 1.807) is 32.7 Å². The third kappa shape index (κ3) is 9.71. The second-order valence-electron chi connectivity index (χ2n) is 14.1. The fourth-order valence-corrected chi connectivity index (χ4v) is 6.03. The van der Waals surface area contributed by atoms with E-state index in [4.69, 9.17) is 4.74 Å². The van der Waals surface area contributed by atoms with Crippen LogP contribution in [0.1, 0.15) is 70.7 Å². The number of carbonyl (C=O) groups is 4. The van der Waals surface area contributed by atoms with Crippen molar-refractivity contribution in [1.82, 2.24) is 20.9 Å². The second kappa shape index (κ2) is 16.5. The van der Waals surface area contributed by atoms with Gasteiger partial charge in [0.05, 0.1) is 6.04 Å². The van der Waals surface area contributed by atoms with Gasteiger partial charge >= 0.3 is 6.09 Å². The highest BCUT2D eigenvalue weighted by atomic mass is 16.5. The van der Waals surface area contributed by atoms with Gasteiger partial charge in [-0.15, -0.1) is 0 Å². The predicted octanol–water partition coefficient (Wildman–Crippen LogP) is 6.71. The number of fused-ring (bicyclic) bond motifs is 1. The summed E-state index contributed by atoms with van der Waals surface area (Å²) in [6.45, 7) is 10.8. The van der Waals surface area contributed by atoms with Crippen LogP contribution in [0.5, 0.6) is 0 Å². The lowest BCUT2D eigenvalue weighted by atomic mass is 9.88. The van der Waals surface area contributed by atoms with Crippen molar-refractivity contribution >= 4 is 34.6 Å². The molecule has 4 aromatic rings. The van der Waals surface area contributed by atoms with Crippen molar-refractivity contribution in [2.45, 2.75) is 84.2 Å². The Morgan fingerprint density at radius 1 is 0.740 bits per heavy atom. The minimum absolute atomic E-state index is 0.0537. The van der Waals surface area contributed by atoms with Gasteiger partial charge in [0, 0.05) is 13.5 Å². The van der Waals surface area contributed by atoms with Gasteiger partial charge < -0.3 is 25.6 Å². The van der Waals surface area contributed by atoms with Crippen LogP contribution in [0.2, 0.25) is 0 Å². The van der Waals surface area contributed by atoms with Crippen molar-refractivity contribution in [3.63, 3.8) is 0 Å². The first-order valence-corrected chi connectivity index (χ1v) is 17.1. The number of benzene rings is 4. The Kier molecular flexibility index (Phi) is 12.4. The Hall–Kier alpha value is -5.18. The fraction of sp³-hybridized carbons (Fsp3) is 0.366. The first-order valence-electron chi connectivity index (χ1n) is 17.1. The number of nitrogens with one attached hydrogen (secondary N) is 3. The standard InChI is InChI=1S/C41H50N4O5/c1-28(2)25-35(42-39(49)50-27-31-19-12-9-13-20-31)36(46)43-40(4,5)37(47)44-41(6,26-30-17-10-8-11-18-30)38(48)45(7)29(3)33-24-16-22-32-21-14-15-23-34(32)33/h8-24,28-29,35H,25-27H2,1-7H3,(H,42,49)(H,43,46)(H,44,47)/t29-,35+,41+/m1/s1. The van der Waals surface area contributed by atoms with E-state index < -0.39 is 35.0 Å². The first-order chi connectivity index (χ1) is 23.7.